The number of aromatic nitrogens is 1. The van der Waals surface area contributed by atoms with Gasteiger partial charge < -0.3 is 4.90 Å². The van der Waals surface area contributed by atoms with Crippen LogP contribution in [0.4, 0.5) is 5.82 Å². The van der Waals surface area contributed by atoms with E-state index in [2.05, 4.69) is 23.7 Å². The van der Waals surface area contributed by atoms with Crippen LogP contribution in [-0.4, -0.2) is 17.1 Å². The molecule has 3 heteroatoms. The lowest BCUT2D eigenvalue weighted by atomic mass is 10.1. The molecule has 15 heavy (non-hydrogen) atoms. The quantitative estimate of drug-likeness (QED) is 0.765. The summed E-state index contributed by atoms with van der Waals surface area (Å²) in [6.45, 7) is 4.51. The Balaban J connectivity index is 2.24. The first-order chi connectivity index (χ1) is 7.22. The van der Waals surface area contributed by atoms with E-state index in [-0.39, 0.29) is 0 Å². The molecule has 0 N–H and O–H groups in total. The topological polar surface area (TPSA) is 16.1 Å². The molecule has 1 aliphatic heterocycles. The van der Waals surface area contributed by atoms with Gasteiger partial charge in [0, 0.05) is 18.3 Å². The zero-order valence-electron chi connectivity index (χ0n) is 9.28. The molecular weight excluding hydrogens is 208 g/mol. The van der Waals surface area contributed by atoms with Crippen LogP contribution < -0.4 is 4.90 Å². The Bertz CT molecular complexity index is 323. The Morgan fingerprint density at radius 2 is 2.27 bits per heavy atom. The summed E-state index contributed by atoms with van der Waals surface area (Å²) >= 11 is 5.84. The number of anilines is 1. The molecule has 0 amide bonds. The van der Waals surface area contributed by atoms with Crippen molar-refractivity contribution in [3.8, 4) is 0 Å². The number of rotatable bonds is 2. The lowest BCUT2D eigenvalue weighted by molar-refractivity contribution is 0.621. The summed E-state index contributed by atoms with van der Waals surface area (Å²) in [7, 11) is 0. The van der Waals surface area contributed by atoms with Gasteiger partial charge >= 0.3 is 0 Å². The second-order valence-corrected chi connectivity index (χ2v) is 4.67. The van der Waals surface area contributed by atoms with Gasteiger partial charge in [0.1, 0.15) is 5.82 Å². The van der Waals surface area contributed by atoms with Crippen molar-refractivity contribution < 1.29 is 0 Å². The highest BCUT2D eigenvalue weighted by atomic mass is 35.5. The highest BCUT2D eigenvalue weighted by Gasteiger charge is 2.29. The van der Waals surface area contributed by atoms with Gasteiger partial charge in [-0.15, -0.1) is 0 Å². The van der Waals surface area contributed by atoms with Crippen LogP contribution in [0.25, 0.3) is 0 Å². The first-order valence-electron chi connectivity index (χ1n) is 5.62. The fourth-order valence-electron chi connectivity index (χ4n) is 2.41. The molecule has 2 unspecified atom stereocenters. The first-order valence-corrected chi connectivity index (χ1v) is 6.00. The van der Waals surface area contributed by atoms with E-state index in [1.807, 2.05) is 12.1 Å². The molecule has 0 aliphatic carbocycles. The average molecular weight is 225 g/mol. The van der Waals surface area contributed by atoms with Gasteiger partial charge in [0.25, 0.3) is 0 Å². The van der Waals surface area contributed by atoms with Crippen LogP contribution in [0.5, 0.6) is 0 Å². The molecule has 0 bridgehead atoms. The maximum absolute atomic E-state index is 5.84. The van der Waals surface area contributed by atoms with Gasteiger partial charge in [-0.05, 0) is 38.3 Å². The van der Waals surface area contributed by atoms with E-state index >= 15 is 0 Å². The summed E-state index contributed by atoms with van der Waals surface area (Å²) < 4.78 is 0. The zero-order valence-corrected chi connectivity index (χ0v) is 10.0. The highest BCUT2D eigenvalue weighted by Crippen LogP contribution is 2.30. The lowest BCUT2D eigenvalue weighted by Crippen LogP contribution is -2.34. The largest absolute Gasteiger partial charge is 0.351 e. The van der Waals surface area contributed by atoms with Crippen LogP contribution in [0.3, 0.4) is 0 Å². The molecule has 0 saturated carbocycles. The van der Waals surface area contributed by atoms with Crippen LogP contribution in [0.2, 0.25) is 5.02 Å². The minimum Gasteiger partial charge on any atom is -0.351 e. The zero-order chi connectivity index (χ0) is 10.8. The van der Waals surface area contributed by atoms with Crippen molar-refractivity contribution in [2.45, 2.75) is 45.2 Å². The van der Waals surface area contributed by atoms with Crippen LogP contribution >= 0.6 is 11.6 Å². The Morgan fingerprint density at radius 1 is 1.47 bits per heavy atom. The Kier molecular flexibility index (Phi) is 3.15. The number of pyridine rings is 1. The molecule has 0 spiro atoms. The van der Waals surface area contributed by atoms with Crippen molar-refractivity contribution in [1.29, 1.82) is 0 Å². The summed E-state index contributed by atoms with van der Waals surface area (Å²) in [5.41, 5.74) is 0. The summed E-state index contributed by atoms with van der Waals surface area (Å²) in [6, 6.07) is 5.19. The standard InChI is InChI=1S/C12H17ClN2/c1-3-11-6-4-9(2)15(11)12-7-5-10(13)8-14-12/h5,7-9,11H,3-4,6H2,1-2H3. The van der Waals surface area contributed by atoms with Gasteiger partial charge in [-0.1, -0.05) is 18.5 Å². The minimum atomic E-state index is 0.601. The van der Waals surface area contributed by atoms with Crippen molar-refractivity contribution in [3.63, 3.8) is 0 Å². The Hall–Kier alpha value is -0.760. The van der Waals surface area contributed by atoms with Gasteiger partial charge in [0.2, 0.25) is 0 Å². The predicted molar refractivity (Wildman–Crippen MR) is 64.5 cm³/mol. The highest BCUT2D eigenvalue weighted by molar-refractivity contribution is 6.30. The van der Waals surface area contributed by atoms with E-state index in [0.717, 1.165) is 5.82 Å². The molecule has 82 valence electrons. The lowest BCUT2D eigenvalue weighted by Gasteiger charge is -2.29. The molecule has 0 aromatic carbocycles. The van der Waals surface area contributed by atoms with Crippen LogP contribution in [-0.2, 0) is 0 Å². The smallest absolute Gasteiger partial charge is 0.129 e. The first kappa shape index (κ1) is 10.7. The summed E-state index contributed by atoms with van der Waals surface area (Å²) in [4.78, 5) is 6.83. The molecular formula is C12H17ClN2. The van der Waals surface area contributed by atoms with Crippen LogP contribution in [0.15, 0.2) is 18.3 Å². The molecule has 1 aliphatic rings. The molecule has 2 atom stereocenters. The normalized spacial score (nSPS) is 25.9. The summed E-state index contributed by atoms with van der Waals surface area (Å²) in [5, 5.41) is 0.707. The maximum atomic E-state index is 5.84. The van der Waals surface area contributed by atoms with E-state index in [1.165, 1.54) is 19.3 Å². The van der Waals surface area contributed by atoms with Crippen molar-refractivity contribution in [1.82, 2.24) is 4.98 Å². The molecule has 2 rings (SSSR count). The predicted octanol–water partition coefficient (Wildman–Crippen LogP) is 3.50. The van der Waals surface area contributed by atoms with Crippen molar-refractivity contribution in [2.24, 2.45) is 0 Å². The SMILES string of the molecule is CCC1CCC(C)N1c1ccc(Cl)cn1. The van der Waals surface area contributed by atoms with Gasteiger partial charge in [0.15, 0.2) is 0 Å². The second-order valence-electron chi connectivity index (χ2n) is 4.23. The van der Waals surface area contributed by atoms with E-state index in [1.54, 1.807) is 6.20 Å². The van der Waals surface area contributed by atoms with Crippen molar-refractivity contribution in [3.05, 3.63) is 23.4 Å². The Labute approximate surface area is 96.3 Å². The van der Waals surface area contributed by atoms with E-state index in [0.29, 0.717) is 17.1 Å². The Morgan fingerprint density at radius 3 is 2.87 bits per heavy atom. The van der Waals surface area contributed by atoms with Gasteiger partial charge in [-0.3, -0.25) is 0 Å². The summed E-state index contributed by atoms with van der Waals surface area (Å²) in [6.07, 6.45) is 5.47. The molecule has 0 radical (unpaired) electrons. The van der Waals surface area contributed by atoms with E-state index in [4.69, 9.17) is 11.6 Å². The van der Waals surface area contributed by atoms with Gasteiger partial charge in [0.05, 0.1) is 5.02 Å². The number of hydrogen-bond donors (Lipinski definition) is 0. The van der Waals surface area contributed by atoms with Crippen LogP contribution in [0.1, 0.15) is 33.1 Å². The van der Waals surface area contributed by atoms with Crippen molar-refractivity contribution >= 4 is 17.4 Å². The van der Waals surface area contributed by atoms with Gasteiger partial charge in [-0.2, -0.15) is 0 Å². The molecule has 2 heterocycles. The third kappa shape index (κ3) is 2.10. The fourth-order valence-corrected chi connectivity index (χ4v) is 2.52. The third-order valence-electron chi connectivity index (χ3n) is 3.23. The molecule has 1 fully saturated rings. The van der Waals surface area contributed by atoms with Gasteiger partial charge in [-0.25, -0.2) is 4.98 Å². The third-order valence-corrected chi connectivity index (χ3v) is 3.46. The average Bonchev–Trinajstić information content (AvgIpc) is 2.61. The maximum Gasteiger partial charge on any atom is 0.129 e. The van der Waals surface area contributed by atoms with Crippen LogP contribution in [0, 0.1) is 0 Å². The molecule has 1 aromatic rings. The molecule has 2 nitrogen and oxygen atoms in total. The molecule has 1 saturated heterocycles. The fraction of sp³-hybridized carbons (Fsp3) is 0.583. The number of nitrogens with zero attached hydrogens (tertiary/aromatic N) is 2. The van der Waals surface area contributed by atoms with E-state index < -0.39 is 0 Å². The monoisotopic (exact) mass is 224 g/mol. The van der Waals surface area contributed by atoms with Crippen molar-refractivity contribution in [2.75, 3.05) is 4.90 Å². The molecule has 1 aromatic heterocycles. The van der Waals surface area contributed by atoms with E-state index in [9.17, 15) is 0 Å². The second kappa shape index (κ2) is 4.40. The summed E-state index contributed by atoms with van der Waals surface area (Å²) in [5.74, 6) is 1.07. The number of halogens is 1. The minimum absolute atomic E-state index is 0.601. The number of hydrogen-bond acceptors (Lipinski definition) is 2.